The van der Waals surface area contributed by atoms with Crippen LogP contribution in [0.15, 0.2) is 159 Å². The van der Waals surface area contributed by atoms with Gasteiger partial charge in [-0.2, -0.15) is 0 Å². The topological polar surface area (TPSA) is 18.5 Å². The highest BCUT2D eigenvalue weighted by Crippen LogP contribution is 2.56. The van der Waals surface area contributed by atoms with Gasteiger partial charge >= 0.3 is 0 Å². The summed E-state index contributed by atoms with van der Waals surface area (Å²) >= 11 is 0. The summed E-state index contributed by atoms with van der Waals surface area (Å²) in [6.07, 6.45) is 3.66. The molecule has 0 atom stereocenters. The molecule has 6 aromatic carbocycles. The Bertz CT molecular complexity index is 1770. The van der Waals surface area contributed by atoms with Gasteiger partial charge in [-0.15, -0.1) is 0 Å². The highest BCUT2D eigenvalue weighted by molar-refractivity contribution is 5.86. The number of ether oxygens (including phenoxy) is 2. The number of benzene rings is 6. The summed E-state index contributed by atoms with van der Waals surface area (Å²) < 4.78 is 12.4. The zero-order valence-corrected chi connectivity index (χ0v) is 23.7. The minimum atomic E-state index is -0.499. The third kappa shape index (κ3) is 4.64. The number of hydrogen-bond acceptors (Lipinski definition) is 2. The first-order chi connectivity index (χ1) is 21.2. The summed E-state index contributed by atoms with van der Waals surface area (Å²) in [5, 5.41) is 0. The molecule has 0 heterocycles. The Labute approximate surface area is 252 Å². The minimum Gasteiger partial charge on any atom is -0.457 e. The fourth-order valence-electron chi connectivity index (χ4n) is 6.19. The molecule has 0 N–H and O–H groups in total. The smallest absolute Gasteiger partial charge is 0.127 e. The summed E-state index contributed by atoms with van der Waals surface area (Å²) in [5.41, 5.74) is 9.00. The van der Waals surface area contributed by atoms with Crippen LogP contribution in [0.1, 0.15) is 33.4 Å². The van der Waals surface area contributed by atoms with Gasteiger partial charge in [0.05, 0.1) is 5.41 Å². The zero-order valence-electron chi connectivity index (χ0n) is 23.7. The summed E-state index contributed by atoms with van der Waals surface area (Å²) in [6, 6.07) is 50.4. The Kier molecular flexibility index (Phi) is 6.73. The number of fused-ring (bicyclic) bond motifs is 3. The summed E-state index contributed by atoms with van der Waals surface area (Å²) in [7, 11) is 0. The van der Waals surface area contributed by atoms with E-state index in [-0.39, 0.29) is 0 Å². The van der Waals surface area contributed by atoms with Crippen molar-refractivity contribution in [2.75, 3.05) is 0 Å². The molecule has 1 aliphatic carbocycles. The van der Waals surface area contributed by atoms with Crippen molar-refractivity contribution in [1.29, 1.82) is 0 Å². The summed E-state index contributed by atoms with van der Waals surface area (Å²) in [5.74, 6) is 3.16. The second kappa shape index (κ2) is 11.0. The molecule has 0 radical (unpaired) electrons. The van der Waals surface area contributed by atoms with Crippen LogP contribution in [0.25, 0.3) is 23.3 Å². The van der Waals surface area contributed by atoms with Crippen molar-refractivity contribution >= 4 is 12.2 Å². The van der Waals surface area contributed by atoms with Crippen LogP contribution in [-0.4, -0.2) is 0 Å². The Morgan fingerprint density at radius 2 is 0.721 bits per heavy atom. The maximum absolute atomic E-state index is 6.20. The van der Waals surface area contributed by atoms with Crippen LogP contribution in [0.2, 0.25) is 0 Å². The Morgan fingerprint density at radius 3 is 1.07 bits per heavy atom. The van der Waals surface area contributed by atoms with Crippen molar-refractivity contribution in [2.45, 2.75) is 5.41 Å². The molecule has 0 saturated carbocycles. The van der Waals surface area contributed by atoms with Crippen LogP contribution >= 0.6 is 0 Å². The zero-order chi connectivity index (χ0) is 29.2. The predicted molar refractivity (Wildman–Crippen MR) is 177 cm³/mol. The van der Waals surface area contributed by atoms with Crippen LogP contribution in [0.5, 0.6) is 23.0 Å². The van der Waals surface area contributed by atoms with Crippen LogP contribution < -0.4 is 9.47 Å². The van der Waals surface area contributed by atoms with Gasteiger partial charge in [-0.3, -0.25) is 0 Å². The molecule has 206 valence electrons. The normalized spacial score (nSPS) is 12.6. The van der Waals surface area contributed by atoms with Gasteiger partial charge in [0.1, 0.15) is 23.0 Å². The van der Waals surface area contributed by atoms with Crippen molar-refractivity contribution in [2.24, 2.45) is 0 Å². The van der Waals surface area contributed by atoms with Gasteiger partial charge in [0.15, 0.2) is 0 Å². The molecule has 0 amide bonds. The van der Waals surface area contributed by atoms with E-state index in [1.54, 1.807) is 0 Å². The Balaban J connectivity index is 1.31. The highest BCUT2D eigenvalue weighted by Gasteiger charge is 2.45. The van der Waals surface area contributed by atoms with E-state index in [9.17, 15) is 0 Å². The molecule has 0 aromatic heterocycles. The average Bonchev–Trinajstić information content (AvgIpc) is 3.37. The van der Waals surface area contributed by atoms with E-state index in [0.29, 0.717) is 0 Å². The molecule has 43 heavy (non-hydrogen) atoms. The Hall–Kier alpha value is -5.60. The molecule has 2 nitrogen and oxygen atoms in total. The van der Waals surface area contributed by atoms with Gasteiger partial charge in [0, 0.05) is 0 Å². The van der Waals surface area contributed by atoms with E-state index in [4.69, 9.17) is 9.47 Å². The lowest BCUT2D eigenvalue weighted by atomic mass is 9.68. The van der Waals surface area contributed by atoms with Crippen molar-refractivity contribution < 1.29 is 9.47 Å². The van der Waals surface area contributed by atoms with E-state index in [1.165, 1.54) is 33.4 Å². The van der Waals surface area contributed by atoms with Crippen molar-refractivity contribution in [3.8, 4) is 34.1 Å². The molecule has 0 bridgehead atoms. The standard InChI is InChI=1S/C41H30O2/c1-3-29-13-21-33(22-14-29)42-35-25-17-31(18-26-35)41(39-11-7-5-9-37(39)38-10-6-8-12-40(38)41)32-19-27-36(28-20-32)43-34-23-15-30(4-2)16-24-34/h3-28H,1-2H2. The maximum atomic E-state index is 6.20. The molecule has 0 fully saturated rings. The molecule has 0 spiro atoms. The number of rotatable bonds is 8. The average molecular weight is 555 g/mol. The van der Waals surface area contributed by atoms with Crippen molar-refractivity contribution in [1.82, 2.24) is 0 Å². The first kappa shape index (κ1) is 26.3. The third-order valence-electron chi connectivity index (χ3n) is 8.23. The molecule has 7 rings (SSSR count). The summed E-state index contributed by atoms with van der Waals surface area (Å²) in [6.45, 7) is 7.67. The van der Waals surface area contributed by atoms with Gasteiger partial charge in [-0.05, 0) is 93.0 Å². The van der Waals surface area contributed by atoms with E-state index >= 15 is 0 Å². The van der Waals surface area contributed by atoms with E-state index in [1.807, 2.05) is 60.7 Å². The fourth-order valence-corrected chi connectivity index (χ4v) is 6.19. The monoisotopic (exact) mass is 554 g/mol. The SMILES string of the molecule is C=Cc1ccc(Oc2ccc(C3(c4ccc(Oc5ccc(C=C)cc5)cc4)c4ccccc4-c4ccccc43)cc2)cc1. The van der Waals surface area contributed by atoms with Gasteiger partial charge in [0.25, 0.3) is 0 Å². The van der Waals surface area contributed by atoms with Gasteiger partial charge in [-0.25, -0.2) is 0 Å². The Morgan fingerprint density at radius 1 is 0.395 bits per heavy atom. The van der Waals surface area contributed by atoms with E-state index in [0.717, 1.165) is 34.1 Å². The van der Waals surface area contributed by atoms with Crippen LogP contribution in [0.4, 0.5) is 0 Å². The highest BCUT2D eigenvalue weighted by atomic mass is 16.5. The molecule has 6 aromatic rings. The first-order valence-corrected chi connectivity index (χ1v) is 14.4. The molecule has 1 aliphatic rings. The van der Waals surface area contributed by atoms with Crippen molar-refractivity contribution in [3.05, 3.63) is 192 Å². The quantitative estimate of drug-likeness (QED) is 0.186. The predicted octanol–water partition coefficient (Wildman–Crippen LogP) is 10.9. The molecule has 0 unspecified atom stereocenters. The van der Waals surface area contributed by atoms with Crippen LogP contribution in [0.3, 0.4) is 0 Å². The van der Waals surface area contributed by atoms with E-state index in [2.05, 4.69) is 110 Å². The largest absolute Gasteiger partial charge is 0.457 e. The molecule has 2 heteroatoms. The molecule has 0 aliphatic heterocycles. The second-order valence-electron chi connectivity index (χ2n) is 10.6. The molecular formula is C41H30O2. The van der Waals surface area contributed by atoms with E-state index < -0.39 is 5.41 Å². The molecular weight excluding hydrogens is 524 g/mol. The van der Waals surface area contributed by atoms with Gasteiger partial charge < -0.3 is 9.47 Å². The molecule has 0 saturated heterocycles. The minimum absolute atomic E-state index is 0.499. The maximum Gasteiger partial charge on any atom is 0.127 e. The summed E-state index contributed by atoms with van der Waals surface area (Å²) in [4.78, 5) is 0. The van der Waals surface area contributed by atoms with Gasteiger partial charge in [-0.1, -0.05) is 122 Å². The number of hydrogen-bond donors (Lipinski definition) is 0. The van der Waals surface area contributed by atoms with Gasteiger partial charge in [0.2, 0.25) is 0 Å². The first-order valence-electron chi connectivity index (χ1n) is 14.4. The lowest BCUT2D eigenvalue weighted by Crippen LogP contribution is -2.28. The third-order valence-corrected chi connectivity index (χ3v) is 8.23. The van der Waals surface area contributed by atoms with Crippen LogP contribution in [-0.2, 0) is 5.41 Å². The van der Waals surface area contributed by atoms with Crippen molar-refractivity contribution in [3.63, 3.8) is 0 Å². The lowest BCUT2D eigenvalue weighted by molar-refractivity contribution is 0.482. The van der Waals surface area contributed by atoms with Crippen LogP contribution in [0, 0.1) is 0 Å². The lowest BCUT2D eigenvalue weighted by Gasteiger charge is -2.34. The fraction of sp³-hybridized carbons (Fsp3) is 0.0244. The second-order valence-corrected chi connectivity index (χ2v) is 10.6.